The number of nitrogens with zero attached hydrogens (tertiary/aromatic N) is 2. The Kier molecular flexibility index (Phi) is 8.52. The molecular formula is C24H20BrN3O7. The number of methoxy groups -OCH3 is 1. The lowest BCUT2D eigenvalue weighted by Crippen LogP contribution is -2.24. The van der Waals surface area contributed by atoms with E-state index in [0.717, 1.165) is 0 Å². The van der Waals surface area contributed by atoms with Crippen LogP contribution in [0.2, 0.25) is 0 Å². The number of amides is 1. The lowest BCUT2D eigenvalue weighted by Gasteiger charge is -2.10. The number of hydrogen-bond donors (Lipinski definition) is 1. The molecule has 10 nitrogen and oxygen atoms in total. The number of nitro groups is 1. The van der Waals surface area contributed by atoms with Crippen LogP contribution < -0.4 is 19.6 Å². The van der Waals surface area contributed by atoms with Crippen molar-refractivity contribution in [1.29, 1.82) is 0 Å². The van der Waals surface area contributed by atoms with Gasteiger partial charge in [-0.1, -0.05) is 18.2 Å². The summed E-state index contributed by atoms with van der Waals surface area (Å²) in [5.74, 6) is -0.685. The summed E-state index contributed by atoms with van der Waals surface area (Å²) in [5, 5.41) is 15.0. The van der Waals surface area contributed by atoms with Crippen LogP contribution in [0.1, 0.15) is 21.5 Å². The van der Waals surface area contributed by atoms with Gasteiger partial charge >= 0.3 is 11.7 Å². The van der Waals surface area contributed by atoms with Crippen molar-refractivity contribution in [2.24, 2.45) is 5.10 Å². The molecule has 0 aromatic heterocycles. The van der Waals surface area contributed by atoms with Crippen molar-refractivity contribution in [2.45, 2.75) is 6.92 Å². The van der Waals surface area contributed by atoms with E-state index in [2.05, 4.69) is 26.5 Å². The van der Waals surface area contributed by atoms with Crippen LogP contribution in [0.3, 0.4) is 0 Å². The average Bonchev–Trinajstić information content (AvgIpc) is 2.84. The van der Waals surface area contributed by atoms with Gasteiger partial charge in [-0.2, -0.15) is 5.10 Å². The molecule has 0 saturated carbocycles. The molecule has 0 radical (unpaired) electrons. The van der Waals surface area contributed by atoms with E-state index in [1.165, 1.54) is 31.5 Å². The van der Waals surface area contributed by atoms with Crippen molar-refractivity contribution in [2.75, 3.05) is 13.7 Å². The standard InChI is InChI=1S/C24H20BrN3O7/c1-15-7-9-20(19(11-15)28(31)32)34-14-23(29)27-26-13-16-8-10-21(22(12-16)33-2)35-24(30)17-5-3-4-6-18(17)25/h3-13H,14H2,1-2H3,(H,27,29). The maximum atomic E-state index is 12.4. The zero-order valence-electron chi connectivity index (χ0n) is 18.7. The summed E-state index contributed by atoms with van der Waals surface area (Å²) in [6.07, 6.45) is 1.36. The zero-order chi connectivity index (χ0) is 25.4. The fourth-order valence-corrected chi connectivity index (χ4v) is 3.32. The molecule has 3 aromatic carbocycles. The molecule has 3 aromatic rings. The predicted molar refractivity (Wildman–Crippen MR) is 131 cm³/mol. The number of esters is 1. The molecule has 1 amide bonds. The summed E-state index contributed by atoms with van der Waals surface area (Å²) in [5.41, 5.74) is 3.66. The predicted octanol–water partition coefficient (Wildman–Crippen LogP) is 4.42. The average molecular weight is 542 g/mol. The molecule has 0 fully saturated rings. The lowest BCUT2D eigenvalue weighted by molar-refractivity contribution is -0.385. The van der Waals surface area contributed by atoms with Gasteiger partial charge in [-0.15, -0.1) is 0 Å². The summed E-state index contributed by atoms with van der Waals surface area (Å²) in [7, 11) is 1.43. The smallest absolute Gasteiger partial charge is 0.344 e. The number of nitro benzene ring substituents is 1. The molecule has 0 spiro atoms. The molecule has 0 unspecified atom stereocenters. The number of ether oxygens (including phenoxy) is 3. The second-order valence-corrected chi connectivity index (χ2v) is 7.94. The monoisotopic (exact) mass is 541 g/mol. The van der Waals surface area contributed by atoms with E-state index in [0.29, 0.717) is 21.2 Å². The van der Waals surface area contributed by atoms with Crippen LogP contribution in [0.25, 0.3) is 0 Å². The van der Waals surface area contributed by atoms with Crippen LogP contribution in [0, 0.1) is 17.0 Å². The van der Waals surface area contributed by atoms with Gasteiger partial charge in [0.25, 0.3) is 5.91 Å². The van der Waals surface area contributed by atoms with E-state index in [1.54, 1.807) is 49.4 Å². The van der Waals surface area contributed by atoms with Crippen molar-refractivity contribution in [3.8, 4) is 17.2 Å². The maximum absolute atomic E-state index is 12.4. The zero-order valence-corrected chi connectivity index (χ0v) is 20.3. The van der Waals surface area contributed by atoms with Gasteiger partial charge in [0, 0.05) is 10.5 Å². The van der Waals surface area contributed by atoms with Crippen molar-refractivity contribution in [1.82, 2.24) is 5.43 Å². The Labute approximate surface area is 208 Å². The van der Waals surface area contributed by atoms with Crippen molar-refractivity contribution >= 4 is 39.7 Å². The third-order valence-corrected chi connectivity index (χ3v) is 5.25. The molecule has 180 valence electrons. The highest BCUT2D eigenvalue weighted by atomic mass is 79.9. The number of carbonyl (C=O) groups is 2. The minimum absolute atomic E-state index is 0.0165. The van der Waals surface area contributed by atoms with E-state index < -0.39 is 23.4 Å². The number of hydrogen-bond acceptors (Lipinski definition) is 8. The maximum Gasteiger partial charge on any atom is 0.344 e. The summed E-state index contributed by atoms with van der Waals surface area (Å²) >= 11 is 3.31. The second-order valence-electron chi connectivity index (χ2n) is 7.09. The minimum atomic E-state index is -0.609. The summed E-state index contributed by atoms with van der Waals surface area (Å²) in [4.78, 5) is 35.0. The molecule has 0 aliphatic carbocycles. The molecule has 1 N–H and O–H groups in total. The lowest BCUT2D eigenvalue weighted by atomic mass is 10.2. The van der Waals surface area contributed by atoms with Crippen LogP contribution in [-0.2, 0) is 4.79 Å². The van der Waals surface area contributed by atoms with Crippen LogP contribution >= 0.6 is 15.9 Å². The Morgan fingerprint density at radius 1 is 1.09 bits per heavy atom. The van der Waals surface area contributed by atoms with Gasteiger partial charge in [0.2, 0.25) is 0 Å². The fraction of sp³-hybridized carbons (Fsp3) is 0.125. The van der Waals surface area contributed by atoms with Gasteiger partial charge in [-0.05, 0) is 70.4 Å². The molecule has 0 atom stereocenters. The van der Waals surface area contributed by atoms with Crippen LogP contribution in [0.4, 0.5) is 5.69 Å². The minimum Gasteiger partial charge on any atom is -0.493 e. The van der Waals surface area contributed by atoms with Crippen molar-refractivity contribution in [3.63, 3.8) is 0 Å². The van der Waals surface area contributed by atoms with E-state index >= 15 is 0 Å². The Morgan fingerprint density at radius 3 is 2.54 bits per heavy atom. The first-order chi connectivity index (χ1) is 16.8. The van der Waals surface area contributed by atoms with E-state index in [1.807, 2.05) is 0 Å². The first-order valence-electron chi connectivity index (χ1n) is 10.1. The number of aryl methyl sites for hydroxylation is 1. The van der Waals surface area contributed by atoms with E-state index in [-0.39, 0.29) is 22.9 Å². The van der Waals surface area contributed by atoms with Gasteiger partial charge in [0.05, 0.1) is 23.8 Å². The summed E-state index contributed by atoms with van der Waals surface area (Å²) in [6.45, 7) is 1.25. The second kappa shape index (κ2) is 11.7. The highest BCUT2D eigenvalue weighted by molar-refractivity contribution is 9.10. The molecule has 3 rings (SSSR count). The molecule has 35 heavy (non-hydrogen) atoms. The third kappa shape index (κ3) is 6.87. The SMILES string of the molecule is COc1cc(C=NNC(=O)COc2ccc(C)cc2[N+](=O)[O-])ccc1OC(=O)c1ccccc1Br. The van der Waals surface area contributed by atoms with Gasteiger partial charge in [0.15, 0.2) is 23.9 Å². The van der Waals surface area contributed by atoms with Gasteiger partial charge in [0.1, 0.15) is 0 Å². The Hall–Kier alpha value is -4.25. The number of benzene rings is 3. The van der Waals surface area contributed by atoms with Gasteiger partial charge < -0.3 is 14.2 Å². The quantitative estimate of drug-likeness (QED) is 0.139. The Balaban J connectivity index is 1.59. The van der Waals surface area contributed by atoms with Crippen LogP contribution in [-0.4, -0.2) is 36.7 Å². The van der Waals surface area contributed by atoms with Crippen LogP contribution in [0.15, 0.2) is 70.2 Å². The first-order valence-corrected chi connectivity index (χ1v) is 10.9. The normalized spacial score (nSPS) is 10.6. The fourth-order valence-electron chi connectivity index (χ4n) is 2.88. The number of rotatable bonds is 9. The summed E-state index contributed by atoms with van der Waals surface area (Å²) < 4.78 is 16.6. The van der Waals surface area contributed by atoms with Gasteiger partial charge in [-0.3, -0.25) is 14.9 Å². The number of hydrazone groups is 1. The highest BCUT2D eigenvalue weighted by Gasteiger charge is 2.17. The number of nitrogens with one attached hydrogen (secondary N) is 1. The molecule has 11 heteroatoms. The van der Waals surface area contributed by atoms with Crippen molar-refractivity contribution in [3.05, 3.63) is 91.9 Å². The molecule has 0 bridgehead atoms. The first kappa shape index (κ1) is 25.4. The van der Waals surface area contributed by atoms with Gasteiger partial charge in [-0.25, -0.2) is 10.2 Å². The highest BCUT2D eigenvalue weighted by Crippen LogP contribution is 2.29. The largest absolute Gasteiger partial charge is 0.493 e. The molecule has 0 aliphatic rings. The van der Waals surface area contributed by atoms with Crippen LogP contribution in [0.5, 0.6) is 17.2 Å². The molecule has 0 aliphatic heterocycles. The molecule has 0 heterocycles. The Bertz CT molecular complexity index is 1290. The van der Waals surface area contributed by atoms with E-state index in [4.69, 9.17) is 14.2 Å². The van der Waals surface area contributed by atoms with E-state index in [9.17, 15) is 19.7 Å². The summed E-state index contributed by atoms with van der Waals surface area (Å²) in [6, 6.07) is 16.0. The number of carbonyl (C=O) groups excluding carboxylic acids is 2. The number of halogens is 1. The third-order valence-electron chi connectivity index (χ3n) is 4.56. The van der Waals surface area contributed by atoms with Crippen molar-refractivity contribution < 1.29 is 28.7 Å². The molecular weight excluding hydrogens is 522 g/mol. The molecule has 0 saturated heterocycles. The topological polar surface area (TPSA) is 129 Å². The Morgan fingerprint density at radius 2 is 1.83 bits per heavy atom.